The van der Waals surface area contributed by atoms with Crippen molar-refractivity contribution < 1.29 is 9.90 Å². The lowest BCUT2D eigenvalue weighted by molar-refractivity contribution is -0.141. The summed E-state index contributed by atoms with van der Waals surface area (Å²) in [6.45, 7) is 1.78. The number of carboxylic acid groups (broad SMARTS) is 1. The van der Waals surface area contributed by atoms with Crippen LogP contribution in [0.3, 0.4) is 0 Å². The molecule has 0 amide bonds. The minimum Gasteiger partial charge on any atom is -0.481 e. The molecule has 0 aromatic rings. The molecule has 2 heteroatoms. The van der Waals surface area contributed by atoms with Crippen LogP contribution in [-0.2, 0) is 4.79 Å². The van der Waals surface area contributed by atoms with Crippen molar-refractivity contribution in [2.45, 2.75) is 26.2 Å². The molecular formula is C7H12O2. The molecule has 0 aliphatic heterocycles. The Balaban J connectivity index is 2.16. The number of rotatable bonds is 3. The van der Waals surface area contributed by atoms with Crippen LogP contribution in [-0.4, -0.2) is 11.1 Å². The molecule has 1 rings (SSSR count). The lowest BCUT2D eigenvalue weighted by atomic mass is 10.1. The Morgan fingerprint density at radius 3 is 2.67 bits per heavy atom. The molecule has 1 saturated carbocycles. The van der Waals surface area contributed by atoms with Gasteiger partial charge in [0.1, 0.15) is 0 Å². The number of aliphatic carboxylic acids is 1. The number of hydrogen-bond acceptors (Lipinski definition) is 1. The third-order valence-electron chi connectivity index (χ3n) is 1.81. The third kappa shape index (κ3) is 2.04. The van der Waals surface area contributed by atoms with Gasteiger partial charge >= 0.3 is 5.97 Å². The van der Waals surface area contributed by atoms with Gasteiger partial charge in [0.15, 0.2) is 0 Å². The van der Waals surface area contributed by atoms with Gasteiger partial charge in [-0.1, -0.05) is 19.8 Å². The highest BCUT2D eigenvalue weighted by Crippen LogP contribution is 2.35. The van der Waals surface area contributed by atoms with Crippen LogP contribution in [0.2, 0.25) is 0 Å². The van der Waals surface area contributed by atoms with Gasteiger partial charge in [-0.15, -0.1) is 0 Å². The predicted molar refractivity (Wildman–Crippen MR) is 34.1 cm³/mol. The SMILES string of the molecule is C[C@@H](CC1CC1)C(=O)O. The maximum Gasteiger partial charge on any atom is 0.306 e. The summed E-state index contributed by atoms with van der Waals surface area (Å²) in [6, 6.07) is 0. The average molecular weight is 128 g/mol. The standard InChI is InChI=1S/C7H12O2/c1-5(7(8)9)4-6-2-3-6/h5-6H,2-4H2,1H3,(H,8,9)/t5-/m0/s1. The Kier molecular flexibility index (Phi) is 1.74. The minimum atomic E-state index is -0.651. The Hall–Kier alpha value is -0.530. The van der Waals surface area contributed by atoms with E-state index in [1.807, 2.05) is 0 Å². The van der Waals surface area contributed by atoms with Crippen LogP contribution in [0.15, 0.2) is 0 Å². The van der Waals surface area contributed by atoms with E-state index in [2.05, 4.69) is 0 Å². The Morgan fingerprint density at radius 2 is 2.33 bits per heavy atom. The highest BCUT2D eigenvalue weighted by molar-refractivity contribution is 5.69. The molecule has 1 aliphatic carbocycles. The zero-order valence-corrected chi connectivity index (χ0v) is 5.63. The zero-order chi connectivity index (χ0) is 6.85. The van der Waals surface area contributed by atoms with Gasteiger partial charge in [-0.05, 0) is 12.3 Å². The quantitative estimate of drug-likeness (QED) is 0.625. The van der Waals surface area contributed by atoms with Crippen LogP contribution in [0.4, 0.5) is 0 Å². The summed E-state index contributed by atoms with van der Waals surface area (Å²) in [5.41, 5.74) is 0. The molecule has 0 heterocycles. The fourth-order valence-corrected chi connectivity index (χ4v) is 0.954. The maximum atomic E-state index is 10.3. The second kappa shape index (κ2) is 2.38. The van der Waals surface area contributed by atoms with Gasteiger partial charge in [-0.3, -0.25) is 4.79 Å². The van der Waals surface area contributed by atoms with Crippen LogP contribution in [0.5, 0.6) is 0 Å². The summed E-state index contributed by atoms with van der Waals surface area (Å²) in [6.07, 6.45) is 3.38. The average Bonchev–Trinajstić information content (AvgIpc) is 2.50. The first kappa shape index (κ1) is 6.59. The smallest absolute Gasteiger partial charge is 0.306 e. The molecule has 0 aromatic heterocycles. The van der Waals surface area contributed by atoms with E-state index in [0.29, 0.717) is 0 Å². The van der Waals surface area contributed by atoms with Crippen molar-refractivity contribution in [3.63, 3.8) is 0 Å². The lowest BCUT2D eigenvalue weighted by Gasteiger charge is -2.01. The van der Waals surface area contributed by atoms with Crippen LogP contribution in [0, 0.1) is 11.8 Å². The molecule has 0 aromatic carbocycles. The van der Waals surface area contributed by atoms with Crippen LogP contribution < -0.4 is 0 Å². The Labute approximate surface area is 54.9 Å². The summed E-state index contributed by atoms with van der Waals surface area (Å²) < 4.78 is 0. The molecular weight excluding hydrogens is 116 g/mol. The molecule has 52 valence electrons. The first-order valence-electron chi connectivity index (χ1n) is 3.43. The Morgan fingerprint density at radius 1 is 1.78 bits per heavy atom. The van der Waals surface area contributed by atoms with Crippen molar-refractivity contribution in [1.82, 2.24) is 0 Å². The molecule has 1 atom stereocenters. The zero-order valence-electron chi connectivity index (χ0n) is 5.63. The van der Waals surface area contributed by atoms with E-state index in [-0.39, 0.29) is 5.92 Å². The normalized spacial score (nSPS) is 21.4. The summed E-state index contributed by atoms with van der Waals surface area (Å²) in [5.74, 6) is -0.0458. The van der Waals surface area contributed by atoms with E-state index in [1.54, 1.807) is 6.92 Å². The van der Waals surface area contributed by atoms with Crippen LogP contribution in [0.25, 0.3) is 0 Å². The lowest BCUT2D eigenvalue weighted by Crippen LogP contribution is -2.09. The van der Waals surface area contributed by atoms with Crippen molar-refractivity contribution in [3.8, 4) is 0 Å². The van der Waals surface area contributed by atoms with Crippen molar-refractivity contribution in [1.29, 1.82) is 0 Å². The van der Waals surface area contributed by atoms with Gasteiger partial charge in [0.05, 0.1) is 5.92 Å². The van der Waals surface area contributed by atoms with Crippen molar-refractivity contribution in [3.05, 3.63) is 0 Å². The van der Waals surface area contributed by atoms with E-state index in [1.165, 1.54) is 12.8 Å². The van der Waals surface area contributed by atoms with E-state index in [0.717, 1.165) is 12.3 Å². The van der Waals surface area contributed by atoms with E-state index in [9.17, 15) is 4.79 Å². The molecule has 2 nitrogen and oxygen atoms in total. The fraction of sp³-hybridized carbons (Fsp3) is 0.857. The van der Waals surface area contributed by atoms with Gasteiger partial charge in [0, 0.05) is 0 Å². The molecule has 0 radical (unpaired) electrons. The maximum absolute atomic E-state index is 10.3. The van der Waals surface area contributed by atoms with E-state index >= 15 is 0 Å². The molecule has 0 bridgehead atoms. The van der Waals surface area contributed by atoms with E-state index in [4.69, 9.17) is 5.11 Å². The van der Waals surface area contributed by atoms with Crippen molar-refractivity contribution >= 4 is 5.97 Å². The molecule has 9 heavy (non-hydrogen) atoms. The molecule has 0 unspecified atom stereocenters. The predicted octanol–water partition coefficient (Wildman–Crippen LogP) is 1.51. The second-order valence-corrected chi connectivity index (χ2v) is 2.92. The molecule has 1 fully saturated rings. The fourth-order valence-electron chi connectivity index (χ4n) is 0.954. The first-order valence-corrected chi connectivity index (χ1v) is 3.43. The van der Waals surface area contributed by atoms with Gasteiger partial charge in [-0.25, -0.2) is 0 Å². The summed E-state index contributed by atoms with van der Waals surface area (Å²) in [7, 11) is 0. The summed E-state index contributed by atoms with van der Waals surface area (Å²) in [4.78, 5) is 10.3. The van der Waals surface area contributed by atoms with Crippen LogP contribution >= 0.6 is 0 Å². The van der Waals surface area contributed by atoms with Gasteiger partial charge in [0.2, 0.25) is 0 Å². The third-order valence-corrected chi connectivity index (χ3v) is 1.81. The van der Waals surface area contributed by atoms with Crippen molar-refractivity contribution in [2.24, 2.45) is 11.8 Å². The summed E-state index contributed by atoms with van der Waals surface area (Å²) in [5, 5.41) is 8.46. The minimum absolute atomic E-state index is 0.127. The van der Waals surface area contributed by atoms with E-state index < -0.39 is 5.97 Å². The first-order chi connectivity index (χ1) is 4.20. The number of hydrogen-bond donors (Lipinski definition) is 1. The highest BCUT2D eigenvalue weighted by atomic mass is 16.4. The molecule has 1 N–H and O–H groups in total. The Bertz CT molecular complexity index is 116. The van der Waals surface area contributed by atoms with Crippen molar-refractivity contribution in [2.75, 3.05) is 0 Å². The second-order valence-electron chi connectivity index (χ2n) is 2.92. The monoisotopic (exact) mass is 128 g/mol. The number of carbonyl (C=O) groups is 1. The van der Waals surface area contributed by atoms with Gasteiger partial charge in [-0.2, -0.15) is 0 Å². The highest BCUT2D eigenvalue weighted by Gasteiger charge is 2.26. The molecule has 0 saturated heterocycles. The summed E-state index contributed by atoms with van der Waals surface area (Å²) >= 11 is 0. The molecule has 1 aliphatic rings. The van der Waals surface area contributed by atoms with Gasteiger partial charge in [0.25, 0.3) is 0 Å². The topological polar surface area (TPSA) is 37.3 Å². The molecule has 0 spiro atoms. The largest absolute Gasteiger partial charge is 0.481 e. The number of carboxylic acids is 1. The van der Waals surface area contributed by atoms with Crippen LogP contribution in [0.1, 0.15) is 26.2 Å². The van der Waals surface area contributed by atoms with Gasteiger partial charge < -0.3 is 5.11 Å².